The highest BCUT2D eigenvalue weighted by Crippen LogP contribution is 2.08. The third-order valence-electron chi connectivity index (χ3n) is 1.69. The zero-order valence-electron chi connectivity index (χ0n) is 8.41. The quantitative estimate of drug-likeness (QED) is 0.805. The minimum absolute atomic E-state index is 0.362. The molecule has 0 saturated heterocycles. The summed E-state index contributed by atoms with van der Waals surface area (Å²) >= 11 is 0. The SMILES string of the molecule is CCCS(=N)(=O)Nc1ccc(C)nc1. The number of nitrogens with one attached hydrogen (secondary N) is 2. The van der Waals surface area contributed by atoms with E-state index in [4.69, 9.17) is 4.78 Å². The van der Waals surface area contributed by atoms with Crippen LogP contribution in [-0.4, -0.2) is 14.9 Å². The first-order chi connectivity index (χ1) is 6.53. The molecular weight excluding hydrogens is 198 g/mol. The molecule has 0 amide bonds. The van der Waals surface area contributed by atoms with Crippen molar-refractivity contribution >= 4 is 15.6 Å². The lowest BCUT2D eigenvalue weighted by Crippen LogP contribution is -2.14. The number of hydrogen-bond acceptors (Lipinski definition) is 3. The second-order valence-electron chi connectivity index (χ2n) is 3.17. The Morgan fingerprint density at radius 2 is 2.29 bits per heavy atom. The van der Waals surface area contributed by atoms with E-state index in [9.17, 15) is 4.21 Å². The van der Waals surface area contributed by atoms with Crippen molar-refractivity contribution < 1.29 is 4.21 Å². The molecule has 1 rings (SSSR count). The third kappa shape index (κ3) is 3.33. The maximum atomic E-state index is 11.6. The number of pyridine rings is 1. The van der Waals surface area contributed by atoms with Crippen molar-refractivity contribution in [1.82, 2.24) is 4.98 Å². The molecule has 1 aromatic rings. The second kappa shape index (κ2) is 4.41. The van der Waals surface area contributed by atoms with Crippen LogP contribution in [0, 0.1) is 11.7 Å². The fraction of sp³-hybridized carbons (Fsp3) is 0.444. The Balaban J connectivity index is 2.74. The standard InChI is InChI=1S/C9H15N3OS/c1-3-6-14(10,13)12-9-5-4-8(2)11-7-9/h4-5,7H,3,6H2,1-2H3,(H2,10,12,13). The summed E-state index contributed by atoms with van der Waals surface area (Å²) in [4.78, 5) is 4.05. The number of rotatable bonds is 4. The summed E-state index contributed by atoms with van der Waals surface area (Å²) in [5.41, 5.74) is 1.55. The summed E-state index contributed by atoms with van der Waals surface area (Å²) < 4.78 is 21.8. The molecule has 0 spiro atoms. The van der Waals surface area contributed by atoms with Gasteiger partial charge in [0.25, 0.3) is 0 Å². The molecule has 0 aliphatic carbocycles. The van der Waals surface area contributed by atoms with Gasteiger partial charge in [0.1, 0.15) is 9.92 Å². The maximum absolute atomic E-state index is 11.6. The zero-order chi connectivity index (χ0) is 10.6. The summed E-state index contributed by atoms with van der Waals surface area (Å²) in [6.07, 6.45) is 2.33. The van der Waals surface area contributed by atoms with Crippen molar-refractivity contribution in [2.75, 3.05) is 10.5 Å². The van der Waals surface area contributed by atoms with Crippen molar-refractivity contribution in [2.45, 2.75) is 20.3 Å². The van der Waals surface area contributed by atoms with Crippen molar-refractivity contribution in [3.8, 4) is 0 Å². The molecule has 0 bridgehead atoms. The molecule has 5 heteroatoms. The number of nitrogens with zero attached hydrogens (tertiary/aromatic N) is 1. The van der Waals surface area contributed by atoms with Crippen LogP contribution < -0.4 is 4.72 Å². The minimum Gasteiger partial charge on any atom is -0.298 e. The second-order valence-corrected chi connectivity index (χ2v) is 5.13. The average Bonchev–Trinajstić information content (AvgIpc) is 2.08. The van der Waals surface area contributed by atoms with Crippen LogP contribution in [0.4, 0.5) is 5.69 Å². The van der Waals surface area contributed by atoms with Crippen LogP contribution >= 0.6 is 0 Å². The molecule has 1 unspecified atom stereocenters. The normalized spacial score (nSPS) is 14.7. The summed E-state index contributed by atoms with van der Waals surface area (Å²) in [7, 11) is -2.69. The van der Waals surface area contributed by atoms with E-state index in [0.717, 1.165) is 12.1 Å². The van der Waals surface area contributed by atoms with Gasteiger partial charge in [0.05, 0.1) is 11.9 Å². The van der Waals surface area contributed by atoms with E-state index < -0.39 is 9.92 Å². The number of aryl methyl sites for hydroxylation is 1. The van der Waals surface area contributed by atoms with Crippen LogP contribution in [0.3, 0.4) is 0 Å². The Morgan fingerprint density at radius 3 is 2.79 bits per heavy atom. The molecule has 1 aromatic heterocycles. The van der Waals surface area contributed by atoms with Crippen LogP contribution in [0.2, 0.25) is 0 Å². The largest absolute Gasteiger partial charge is 0.298 e. The summed E-state index contributed by atoms with van der Waals surface area (Å²) in [6.45, 7) is 3.79. The van der Waals surface area contributed by atoms with Crippen LogP contribution in [0.1, 0.15) is 19.0 Å². The van der Waals surface area contributed by atoms with Crippen molar-refractivity contribution in [3.63, 3.8) is 0 Å². The van der Waals surface area contributed by atoms with E-state index in [1.54, 1.807) is 12.3 Å². The molecule has 0 saturated carbocycles. The molecule has 0 aliphatic rings. The van der Waals surface area contributed by atoms with Gasteiger partial charge in [0.15, 0.2) is 0 Å². The highest BCUT2D eigenvalue weighted by molar-refractivity contribution is 7.93. The third-order valence-corrected chi connectivity index (χ3v) is 3.23. The summed E-state index contributed by atoms with van der Waals surface area (Å²) in [5.74, 6) is 0.362. The van der Waals surface area contributed by atoms with Gasteiger partial charge in [0.2, 0.25) is 0 Å². The molecule has 1 heterocycles. The number of aromatic nitrogens is 1. The Kier molecular flexibility index (Phi) is 3.46. The highest BCUT2D eigenvalue weighted by atomic mass is 32.2. The molecule has 0 radical (unpaired) electrons. The number of anilines is 1. The zero-order valence-corrected chi connectivity index (χ0v) is 9.23. The van der Waals surface area contributed by atoms with Gasteiger partial charge in [-0.05, 0) is 25.5 Å². The molecule has 0 aromatic carbocycles. The smallest absolute Gasteiger partial charge is 0.126 e. The van der Waals surface area contributed by atoms with Crippen LogP contribution in [0.5, 0.6) is 0 Å². The monoisotopic (exact) mass is 213 g/mol. The van der Waals surface area contributed by atoms with Gasteiger partial charge in [-0.2, -0.15) is 0 Å². The number of hydrogen-bond donors (Lipinski definition) is 2. The van der Waals surface area contributed by atoms with Crippen LogP contribution in [-0.2, 0) is 9.92 Å². The minimum atomic E-state index is -2.69. The predicted octanol–water partition coefficient (Wildman–Crippen LogP) is 2.17. The van der Waals surface area contributed by atoms with Gasteiger partial charge in [-0.25, -0.2) is 8.99 Å². The van der Waals surface area contributed by atoms with E-state index >= 15 is 0 Å². The predicted molar refractivity (Wildman–Crippen MR) is 58.6 cm³/mol. The lowest BCUT2D eigenvalue weighted by atomic mass is 10.4. The molecule has 4 nitrogen and oxygen atoms in total. The van der Waals surface area contributed by atoms with Crippen molar-refractivity contribution in [3.05, 3.63) is 24.0 Å². The van der Waals surface area contributed by atoms with Gasteiger partial charge in [-0.3, -0.25) is 9.71 Å². The van der Waals surface area contributed by atoms with E-state index in [1.807, 2.05) is 19.9 Å². The lowest BCUT2D eigenvalue weighted by Gasteiger charge is -2.09. The first-order valence-corrected chi connectivity index (χ1v) is 6.23. The summed E-state index contributed by atoms with van der Waals surface area (Å²) in [6, 6.07) is 3.61. The van der Waals surface area contributed by atoms with Gasteiger partial charge < -0.3 is 0 Å². The van der Waals surface area contributed by atoms with Crippen molar-refractivity contribution in [2.24, 2.45) is 0 Å². The van der Waals surface area contributed by atoms with Gasteiger partial charge >= 0.3 is 0 Å². The highest BCUT2D eigenvalue weighted by Gasteiger charge is 2.03. The first kappa shape index (κ1) is 11.0. The molecular formula is C9H15N3OS. The molecule has 1 atom stereocenters. The van der Waals surface area contributed by atoms with Gasteiger partial charge in [-0.1, -0.05) is 6.92 Å². The average molecular weight is 213 g/mol. The Labute approximate surface area is 84.9 Å². The Hall–Kier alpha value is -1.10. The topological polar surface area (TPSA) is 65.8 Å². The maximum Gasteiger partial charge on any atom is 0.126 e. The summed E-state index contributed by atoms with van der Waals surface area (Å²) in [5, 5.41) is 0. The molecule has 0 fully saturated rings. The molecule has 0 aliphatic heterocycles. The molecule has 78 valence electrons. The van der Waals surface area contributed by atoms with Gasteiger partial charge in [0, 0.05) is 11.4 Å². The van der Waals surface area contributed by atoms with E-state index in [2.05, 4.69) is 9.71 Å². The fourth-order valence-corrected chi connectivity index (χ4v) is 2.24. The van der Waals surface area contributed by atoms with E-state index in [1.165, 1.54) is 0 Å². The Bertz CT molecular complexity index is 383. The van der Waals surface area contributed by atoms with E-state index in [-0.39, 0.29) is 0 Å². The van der Waals surface area contributed by atoms with E-state index in [0.29, 0.717) is 11.4 Å². The van der Waals surface area contributed by atoms with Crippen LogP contribution in [0.15, 0.2) is 18.3 Å². The Morgan fingerprint density at radius 1 is 1.57 bits per heavy atom. The molecule has 2 N–H and O–H groups in total. The molecule has 14 heavy (non-hydrogen) atoms. The lowest BCUT2D eigenvalue weighted by molar-refractivity contribution is 0.677. The van der Waals surface area contributed by atoms with Crippen molar-refractivity contribution in [1.29, 1.82) is 4.78 Å². The fourth-order valence-electron chi connectivity index (χ4n) is 1.06. The van der Waals surface area contributed by atoms with Gasteiger partial charge in [-0.15, -0.1) is 0 Å². The van der Waals surface area contributed by atoms with Crippen LogP contribution in [0.25, 0.3) is 0 Å². The first-order valence-electron chi connectivity index (χ1n) is 4.50.